The van der Waals surface area contributed by atoms with E-state index in [2.05, 4.69) is 17.1 Å². The van der Waals surface area contributed by atoms with Crippen molar-refractivity contribution < 1.29 is 4.52 Å². The van der Waals surface area contributed by atoms with Gasteiger partial charge in [0.05, 0.1) is 21.8 Å². The molecule has 0 aliphatic heterocycles. The molecule has 0 aliphatic rings. The van der Waals surface area contributed by atoms with Crippen LogP contribution in [0.25, 0.3) is 16.6 Å². The van der Waals surface area contributed by atoms with Crippen molar-refractivity contribution in [1.82, 2.24) is 19.7 Å². The minimum Gasteiger partial charge on any atom is -0.338 e. The number of hydrogen-bond donors (Lipinski definition) is 0. The van der Waals surface area contributed by atoms with Gasteiger partial charge in [-0.15, -0.1) is 0 Å². The number of aryl methyl sites for hydroxylation is 2. The fourth-order valence-electron chi connectivity index (χ4n) is 3.08. The predicted octanol–water partition coefficient (Wildman–Crippen LogP) is 4.88. The van der Waals surface area contributed by atoms with E-state index in [-0.39, 0.29) is 10.8 Å². The first-order valence-corrected chi connectivity index (χ1v) is 10.5. The first kappa shape index (κ1) is 19.4. The summed E-state index contributed by atoms with van der Waals surface area (Å²) >= 11 is 1.44. The lowest BCUT2D eigenvalue weighted by Gasteiger charge is -2.15. The van der Waals surface area contributed by atoms with Crippen LogP contribution in [-0.4, -0.2) is 19.7 Å². The second-order valence-corrected chi connectivity index (χ2v) is 8.25. The van der Waals surface area contributed by atoms with Crippen LogP contribution in [0.15, 0.2) is 63.0 Å². The SMILES string of the molecule is CCCc1noc(C(C)Sc2nc3ccccc3c(=O)n2-c2ccc(C)cc2)n1. The minimum atomic E-state index is -0.141. The largest absolute Gasteiger partial charge is 0.338 e. The van der Waals surface area contributed by atoms with Crippen LogP contribution in [0.5, 0.6) is 0 Å². The Bertz CT molecular complexity index is 1200. The molecule has 0 fully saturated rings. The third-order valence-electron chi connectivity index (χ3n) is 4.62. The molecule has 7 heteroatoms. The topological polar surface area (TPSA) is 73.8 Å². The van der Waals surface area contributed by atoms with Gasteiger partial charge in [0.15, 0.2) is 11.0 Å². The van der Waals surface area contributed by atoms with Gasteiger partial charge in [-0.25, -0.2) is 4.98 Å². The van der Waals surface area contributed by atoms with Gasteiger partial charge >= 0.3 is 0 Å². The van der Waals surface area contributed by atoms with Crippen molar-refractivity contribution in [3.63, 3.8) is 0 Å². The highest BCUT2D eigenvalue weighted by Crippen LogP contribution is 2.34. The van der Waals surface area contributed by atoms with Crippen molar-refractivity contribution in [1.29, 1.82) is 0 Å². The number of thioether (sulfide) groups is 1. The Morgan fingerprint density at radius 1 is 1.10 bits per heavy atom. The zero-order valence-electron chi connectivity index (χ0n) is 16.6. The van der Waals surface area contributed by atoms with E-state index in [1.807, 2.05) is 62.4 Å². The molecular formula is C22H22N4O2S. The van der Waals surface area contributed by atoms with Crippen LogP contribution >= 0.6 is 11.8 Å². The highest BCUT2D eigenvalue weighted by Gasteiger charge is 2.20. The van der Waals surface area contributed by atoms with E-state index >= 15 is 0 Å². The molecule has 0 saturated heterocycles. The summed E-state index contributed by atoms with van der Waals surface area (Å²) in [5.74, 6) is 1.24. The molecule has 2 aromatic carbocycles. The van der Waals surface area contributed by atoms with Gasteiger partial charge in [0.1, 0.15) is 0 Å². The molecule has 4 rings (SSSR count). The Morgan fingerprint density at radius 3 is 2.62 bits per heavy atom. The molecule has 0 amide bonds. The van der Waals surface area contributed by atoms with Gasteiger partial charge in [0.2, 0.25) is 5.89 Å². The first-order valence-electron chi connectivity index (χ1n) is 9.64. The van der Waals surface area contributed by atoms with Crippen LogP contribution in [0.3, 0.4) is 0 Å². The number of benzene rings is 2. The van der Waals surface area contributed by atoms with Gasteiger partial charge in [-0.05, 0) is 44.5 Å². The van der Waals surface area contributed by atoms with E-state index < -0.39 is 0 Å². The Hall–Kier alpha value is -2.93. The Kier molecular flexibility index (Phi) is 5.49. The van der Waals surface area contributed by atoms with Crippen LogP contribution < -0.4 is 5.56 Å². The number of fused-ring (bicyclic) bond motifs is 1. The fourth-order valence-corrected chi connectivity index (χ4v) is 4.04. The molecule has 0 bridgehead atoms. The van der Waals surface area contributed by atoms with Crippen LogP contribution in [0, 0.1) is 6.92 Å². The maximum atomic E-state index is 13.3. The van der Waals surface area contributed by atoms with Gasteiger partial charge in [0, 0.05) is 6.42 Å². The molecule has 6 nitrogen and oxygen atoms in total. The fraction of sp³-hybridized carbons (Fsp3) is 0.273. The Morgan fingerprint density at radius 2 is 1.86 bits per heavy atom. The zero-order chi connectivity index (χ0) is 20.4. The third kappa shape index (κ3) is 3.96. The van der Waals surface area contributed by atoms with E-state index in [4.69, 9.17) is 9.51 Å². The van der Waals surface area contributed by atoms with E-state index in [0.717, 1.165) is 24.1 Å². The third-order valence-corrected chi connectivity index (χ3v) is 5.66. The molecule has 0 aliphatic carbocycles. The molecule has 1 unspecified atom stereocenters. The maximum Gasteiger partial charge on any atom is 0.266 e. The number of hydrogen-bond acceptors (Lipinski definition) is 6. The Labute approximate surface area is 173 Å². The molecule has 1 atom stereocenters. The van der Waals surface area contributed by atoms with Crippen molar-refractivity contribution in [2.24, 2.45) is 0 Å². The van der Waals surface area contributed by atoms with Crippen LogP contribution in [0.1, 0.15) is 42.8 Å². The standard InChI is InChI=1S/C22H22N4O2S/c1-4-7-19-24-20(28-25-19)15(3)29-22-23-18-9-6-5-8-17(18)21(27)26(22)16-12-10-14(2)11-13-16/h5-6,8-13,15H,4,7H2,1-3H3. The molecule has 4 aromatic rings. The summed E-state index contributed by atoms with van der Waals surface area (Å²) in [6, 6.07) is 15.3. The van der Waals surface area contributed by atoms with Gasteiger partial charge in [-0.3, -0.25) is 9.36 Å². The summed E-state index contributed by atoms with van der Waals surface area (Å²) in [7, 11) is 0. The lowest BCUT2D eigenvalue weighted by Crippen LogP contribution is -2.22. The molecular weight excluding hydrogens is 384 g/mol. The van der Waals surface area contributed by atoms with E-state index in [9.17, 15) is 4.79 Å². The number of nitrogens with zero attached hydrogens (tertiary/aromatic N) is 4. The van der Waals surface area contributed by atoms with Crippen LogP contribution in [0.2, 0.25) is 0 Å². The quantitative estimate of drug-likeness (QED) is 0.335. The van der Waals surface area contributed by atoms with Crippen LogP contribution in [-0.2, 0) is 6.42 Å². The maximum absolute atomic E-state index is 13.3. The lowest BCUT2D eigenvalue weighted by atomic mass is 10.2. The van der Waals surface area contributed by atoms with Crippen molar-refractivity contribution in [3.8, 4) is 5.69 Å². The summed E-state index contributed by atoms with van der Waals surface area (Å²) in [4.78, 5) is 22.6. The highest BCUT2D eigenvalue weighted by molar-refractivity contribution is 7.99. The average molecular weight is 407 g/mol. The number of para-hydroxylation sites is 1. The molecule has 29 heavy (non-hydrogen) atoms. The highest BCUT2D eigenvalue weighted by atomic mass is 32.2. The normalized spacial score (nSPS) is 12.4. The molecule has 0 radical (unpaired) electrons. The molecule has 0 saturated carbocycles. The van der Waals surface area contributed by atoms with Gasteiger partial charge < -0.3 is 4.52 Å². The average Bonchev–Trinajstić information content (AvgIpc) is 3.19. The van der Waals surface area contributed by atoms with E-state index in [1.165, 1.54) is 11.8 Å². The second-order valence-electron chi connectivity index (χ2n) is 6.95. The zero-order valence-corrected chi connectivity index (χ0v) is 17.4. The van der Waals surface area contributed by atoms with Gasteiger partial charge in [0.25, 0.3) is 5.56 Å². The summed E-state index contributed by atoms with van der Waals surface area (Å²) in [6.07, 6.45) is 1.74. The monoisotopic (exact) mass is 406 g/mol. The van der Waals surface area contributed by atoms with Gasteiger partial charge in [-0.1, -0.05) is 53.7 Å². The molecule has 2 heterocycles. The predicted molar refractivity (Wildman–Crippen MR) is 115 cm³/mol. The van der Waals surface area contributed by atoms with E-state index in [0.29, 0.717) is 27.8 Å². The molecule has 2 aromatic heterocycles. The summed E-state index contributed by atoms with van der Waals surface area (Å²) in [5, 5.41) is 5.09. The second kappa shape index (κ2) is 8.21. The first-order chi connectivity index (χ1) is 14.1. The van der Waals surface area contributed by atoms with Crippen molar-refractivity contribution in [3.05, 3.63) is 76.2 Å². The number of aromatic nitrogens is 4. The number of rotatable bonds is 6. The van der Waals surface area contributed by atoms with Crippen molar-refractivity contribution in [2.45, 2.75) is 44.0 Å². The van der Waals surface area contributed by atoms with Crippen LogP contribution in [0.4, 0.5) is 0 Å². The minimum absolute atomic E-state index is 0.0913. The summed E-state index contributed by atoms with van der Waals surface area (Å²) in [5.41, 5.74) is 2.50. The molecule has 0 N–H and O–H groups in total. The lowest BCUT2D eigenvalue weighted by molar-refractivity contribution is 0.374. The smallest absolute Gasteiger partial charge is 0.266 e. The molecule has 148 valence electrons. The molecule has 0 spiro atoms. The summed E-state index contributed by atoms with van der Waals surface area (Å²) in [6.45, 7) is 6.08. The Balaban J connectivity index is 1.80. The van der Waals surface area contributed by atoms with Crippen molar-refractivity contribution in [2.75, 3.05) is 0 Å². The summed E-state index contributed by atoms with van der Waals surface area (Å²) < 4.78 is 7.09. The van der Waals surface area contributed by atoms with Gasteiger partial charge in [-0.2, -0.15) is 4.98 Å². The van der Waals surface area contributed by atoms with Crippen molar-refractivity contribution >= 4 is 22.7 Å². The van der Waals surface area contributed by atoms with E-state index in [1.54, 1.807) is 4.57 Å².